The van der Waals surface area contributed by atoms with Crippen molar-refractivity contribution in [2.75, 3.05) is 0 Å². The molecule has 1 saturated carbocycles. The average molecular weight is 251 g/mol. The van der Waals surface area contributed by atoms with E-state index in [9.17, 15) is 0 Å². The summed E-state index contributed by atoms with van der Waals surface area (Å²) in [5.74, 6) is 6.89. The highest BCUT2D eigenvalue weighted by Gasteiger charge is 2.14. The van der Waals surface area contributed by atoms with Gasteiger partial charge in [0.05, 0.1) is 6.54 Å². The normalized spacial score (nSPS) is 17.8. The number of nitrogens with two attached hydrogens (primary N) is 1. The molecule has 2 rings (SSSR count). The van der Waals surface area contributed by atoms with Gasteiger partial charge in [0.15, 0.2) is 0 Å². The molecule has 18 heavy (non-hydrogen) atoms. The SMILES string of the molecule is Cc1cc(CN=C(NN)NC2CCCCC2)no1. The number of guanidine groups is 1. The number of hydrazine groups is 1. The number of hydrogen-bond acceptors (Lipinski definition) is 4. The summed E-state index contributed by atoms with van der Waals surface area (Å²) < 4.78 is 4.99. The fourth-order valence-electron chi connectivity index (χ4n) is 2.23. The summed E-state index contributed by atoms with van der Waals surface area (Å²) >= 11 is 0. The average Bonchev–Trinajstić information content (AvgIpc) is 2.81. The highest BCUT2D eigenvalue weighted by Crippen LogP contribution is 2.17. The second-order valence-electron chi connectivity index (χ2n) is 4.72. The van der Waals surface area contributed by atoms with Crippen molar-refractivity contribution < 1.29 is 4.52 Å². The summed E-state index contributed by atoms with van der Waals surface area (Å²) in [4.78, 5) is 4.37. The summed E-state index contributed by atoms with van der Waals surface area (Å²) in [6.45, 7) is 2.33. The number of hydrogen-bond donors (Lipinski definition) is 3. The van der Waals surface area contributed by atoms with Crippen LogP contribution in [0.15, 0.2) is 15.6 Å². The van der Waals surface area contributed by atoms with E-state index >= 15 is 0 Å². The summed E-state index contributed by atoms with van der Waals surface area (Å²) in [5.41, 5.74) is 3.42. The minimum Gasteiger partial charge on any atom is -0.361 e. The fraction of sp³-hybridized carbons (Fsp3) is 0.667. The molecule has 0 spiro atoms. The van der Waals surface area contributed by atoms with Crippen LogP contribution in [0.25, 0.3) is 0 Å². The Kier molecular flexibility index (Phi) is 4.58. The van der Waals surface area contributed by atoms with Crippen LogP contribution in [0.1, 0.15) is 43.6 Å². The predicted molar refractivity (Wildman–Crippen MR) is 69.7 cm³/mol. The molecular weight excluding hydrogens is 230 g/mol. The van der Waals surface area contributed by atoms with E-state index in [1.165, 1.54) is 32.1 Å². The van der Waals surface area contributed by atoms with Gasteiger partial charge in [-0.15, -0.1) is 0 Å². The lowest BCUT2D eigenvalue weighted by atomic mass is 9.96. The molecule has 100 valence electrons. The van der Waals surface area contributed by atoms with Crippen LogP contribution in [-0.4, -0.2) is 17.2 Å². The molecule has 0 radical (unpaired) electrons. The number of aromatic nitrogens is 1. The number of nitrogens with zero attached hydrogens (tertiary/aromatic N) is 2. The van der Waals surface area contributed by atoms with Gasteiger partial charge >= 0.3 is 0 Å². The van der Waals surface area contributed by atoms with E-state index < -0.39 is 0 Å². The molecule has 1 heterocycles. The van der Waals surface area contributed by atoms with E-state index in [1.807, 2.05) is 13.0 Å². The Morgan fingerprint density at radius 3 is 2.89 bits per heavy atom. The van der Waals surface area contributed by atoms with Gasteiger partial charge in [0.25, 0.3) is 0 Å². The Hall–Kier alpha value is -1.56. The molecule has 1 aliphatic rings. The first-order chi connectivity index (χ1) is 8.78. The topological polar surface area (TPSA) is 88.5 Å². The fourth-order valence-corrected chi connectivity index (χ4v) is 2.23. The highest BCUT2D eigenvalue weighted by atomic mass is 16.5. The van der Waals surface area contributed by atoms with Gasteiger partial charge in [-0.05, 0) is 19.8 Å². The number of nitrogens with one attached hydrogen (secondary N) is 2. The number of rotatable bonds is 3. The van der Waals surface area contributed by atoms with Gasteiger partial charge in [0.1, 0.15) is 11.5 Å². The first-order valence-electron chi connectivity index (χ1n) is 6.47. The molecule has 0 atom stereocenters. The molecule has 0 amide bonds. The molecule has 1 aliphatic carbocycles. The van der Waals surface area contributed by atoms with Crippen molar-refractivity contribution >= 4 is 5.96 Å². The summed E-state index contributed by atoms with van der Waals surface area (Å²) in [6.07, 6.45) is 6.25. The Balaban J connectivity index is 1.86. The van der Waals surface area contributed by atoms with Crippen LogP contribution in [0.4, 0.5) is 0 Å². The van der Waals surface area contributed by atoms with E-state index in [0.717, 1.165) is 11.5 Å². The van der Waals surface area contributed by atoms with Crippen LogP contribution in [0.5, 0.6) is 0 Å². The molecular formula is C12H21N5O. The highest BCUT2D eigenvalue weighted by molar-refractivity contribution is 5.79. The first kappa shape index (κ1) is 12.9. The third-order valence-electron chi connectivity index (χ3n) is 3.16. The third kappa shape index (κ3) is 3.73. The quantitative estimate of drug-likeness (QED) is 0.325. The van der Waals surface area contributed by atoms with Crippen molar-refractivity contribution in [2.45, 2.75) is 51.6 Å². The van der Waals surface area contributed by atoms with E-state index in [-0.39, 0.29) is 0 Å². The first-order valence-corrected chi connectivity index (χ1v) is 6.47. The monoisotopic (exact) mass is 251 g/mol. The Bertz CT molecular complexity index is 395. The van der Waals surface area contributed by atoms with Crippen molar-refractivity contribution in [3.63, 3.8) is 0 Å². The zero-order valence-corrected chi connectivity index (χ0v) is 10.8. The molecule has 0 unspecified atom stereocenters. The minimum atomic E-state index is 0.469. The van der Waals surface area contributed by atoms with Crippen molar-refractivity contribution in [2.24, 2.45) is 10.8 Å². The number of aliphatic imine (C=N–C) groups is 1. The third-order valence-corrected chi connectivity index (χ3v) is 3.16. The zero-order chi connectivity index (χ0) is 12.8. The molecule has 1 aromatic rings. The maximum Gasteiger partial charge on any atom is 0.206 e. The van der Waals surface area contributed by atoms with Crippen LogP contribution in [-0.2, 0) is 6.54 Å². The lowest BCUT2D eigenvalue weighted by Crippen LogP contribution is -2.47. The molecule has 6 nitrogen and oxygen atoms in total. The minimum absolute atomic E-state index is 0.469. The molecule has 6 heteroatoms. The lowest BCUT2D eigenvalue weighted by molar-refractivity contribution is 0.390. The van der Waals surface area contributed by atoms with Crippen LogP contribution < -0.4 is 16.6 Å². The zero-order valence-electron chi connectivity index (χ0n) is 10.8. The van der Waals surface area contributed by atoms with Crippen LogP contribution >= 0.6 is 0 Å². The standard InChI is InChI=1S/C12H21N5O/c1-9-7-11(17-18-9)8-14-12(16-13)15-10-5-3-2-4-6-10/h7,10H,2-6,8,13H2,1H3,(H2,14,15,16). The second-order valence-corrected chi connectivity index (χ2v) is 4.72. The maximum absolute atomic E-state index is 5.47. The molecule has 0 aromatic carbocycles. The second kappa shape index (κ2) is 6.39. The van der Waals surface area contributed by atoms with Crippen LogP contribution in [0.3, 0.4) is 0 Å². The number of aryl methyl sites for hydroxylation is 1. The molecule has 0 saturated heterocycles. The van der Waals surface area contributed by atoms with Gasteiger partial charge in [-0.1, -0.05) is 24.4 Å². The van der Waals surface area contributed by atoms with Gasteiger partial charge in [0.2, 0.25) is 5.96 Å². The van der Waals surface area contributed by atoms with Gasteiger partial charge in [-0.3, -0.25) is 5.43 Å². The maximum atomic E-state index is 5.47. The smallest absolute Gasteiger partial charge is 0.206 e. The summed E-state index contributed by atoms with van der Waals surface area (Å²) in [5, 5.41) is 7.23. The lowest BCUT2D eigenvalue weighted by Gasteiger charge is -2.24. The molecule has 0 aliphatic heterocycles. The Labute approximate surface area is 107 Å². The van der Waals surface area contributed by atoms with E-state index in [2.05, 4.69) is 20.9 Å². The van der Waals surface area contributed by atoms with Gasteiger partial charge in [0, 0.05) is 12.1 Å². The van der Waals surface area contributed by atoms with Crippen LogP contribution in [0, 0.1) is 6.92 Å². The summed E-state index contributed by atoms with van der Waals surface area (Å²) in [7, 11) is 0. The summed E-state index contributed by atoms with van der Waals surface area (Å²) in [6, 6.07) is 2.35. The van der Waals surface area contributed by atoms with Gasteiger partial charge in [-0.25, -0.2) is 10.8 Å². The van der Waals surface area contributed by atoms with Gasteiger partial charge < -0.3 is 9.84 Å². The van der Waals surface area contributed by atoms with E-state index in [1.54, 1.807) is 0 Å². The van der Waals surface area contributed by atoms with Crippen molar-refractivity contribution in [1.29, 1.82) is 0 Å². The Morgan fingerprint density at radius 1 is 1.50 bits per heavy atom. The molecule has 1 aromatic heterocycles. The van der Waals surface area contributed by atoms with Crippen molar-refractivity contribution in [3.05, 3.63) is 17.5 Å². The predicted octanol–water partition coefficient (Wildman–Crippen LogP) is 1.22. The largest absolute Gasteiger partial charge is 0.361 e. The van der Waals surface area contributed by atoms with Gasteiger partial charge in [-0.2, -0.15) is 0 Å². The van der Waals surface area contributed by atoms with E-state index in [0.29, 0.717) is 18.5 Å². The Morgan fingerprint density at radius 2 is 2.28 bits per heavy atom. The van der Waals surface area contributed by atoms with Crippen molar-refractivity contribution in [1.82, 2.24) is 15.9 Å². The van der Waals surface area contributed by atoms with Crippen molar-refractivity contribution in [3.8, 4) is 0 Å². The van der Waals surface area contributed by atoms with Crippen LogP contribution in [0.2, 0.25) is 0 Å². The molecule has 0 bridgehead atoms. The molecule has 4 N–H and O–H groups in total. The van der Waals surface area contributed by atoms with E-state index in [4.69, 9.17) is 10.4 Å². The molecule has 1 fully saturated rings.